The molecule has 16 heavy (non-hydrogen) atoms. The van der Waals surface area contributed by atoms with Gasteiger partial charge in [0.15, 0.2) is 0 Å². The van der Waals surface area contributed by atoms with Crippen molar-refractivity contribution in [3.8, 4) is 0 Å². The molecule has 2 aliphatic rings. The molecule has 4 heteroatoms. The molecule has 2 fully saturated rings. The predicted octanol–water partition coefficient (Wildman–Crippen LogP) is 1.92. The number of anilines is 1. The van der Waals surface area contributed by atoms with Crippen LogP contribution in [0, 0.1) is 5.92 Å². The van der Waals surface area contributed by atoms with E-state index in [9.17, 15) is 0 Å². The third-order valence-electron chi connectivity index (χ3n) is 3.77. The lowest BCUT2D eigenvalue weighted by atomic mass is 9.88. The number of pyridine rings is 1. The zero-order valence-corrected chi connectivity index (χ0v) is 9.95. The number of halogens is 1. The number of rotatable bonds is 1. The molecule has 0 unspecified atom stereocenters. The van der Waals surface area contributed by atoms with Crippen LogP contribution in [0.1, 0.15) is 12.8 Å². The largest absolute Gasteiger partial charge is 0.370 e. The maximum absolute atomic E-state index is 5.80. The summed E-state index contributed by atoms with van der Waals surface area (Å²) in [4.78, 5) is 6.57. The van der Waals surface area contributed by atoms with Crippen LogP contribution < -0.4 is 10.2 Å². The topological polar surface area (TPSA) is 28.2 Å². The van der Waals surface area contributed by atoms with E-state index in [0.29, 0.717) is 5.15 Å². The average molecular weight is 238 g/mol. The van der Waals surface area contributed by atoms with E-state index in [4.69, 9.17) is 11.6 Å². The van der Waals surface area contributed by atoms with Crippen molar-refractivity contribution >= 4 is 17.3 Å². The lowest BCUT2D eigenvalue weighted by molar-refractivity contribution is 0.226. The lowest BCUT2D eigenvalue weighted by Crippen LogP contribution is -2.52. The van der Waals surface area contributed by atoms with Gasteiger partial charge in [-0.05, 0) is 37.4 Å². The molecule has 1 aromatic rings. The quantitative estimate of drug-likeness (QED) is 0.757. The number of nitrogens with zero attached hydrogens (tertiary/aromatic N) is 2. The van der Waals surface area contributed by atoms with E-state index in [2.05, 4.69) is 21.3 Å². The van der Waals surface area contributed by atoms with Crippen molar-refractivity contribution < 1.29 is 0 Å². The van der Waals surface area contributed by atoms with E-state index in [1.165, 1.54) is 25.1 Å². The summed E-state index contributed by atoms with van der Waals surface area (Å²) in [6.07, 6.45) is 4.41. The van der Waals surface area contributed by atoms with Crippen molar-refractivity contribution in [2.24, 2.45) is 5.92 Å². The maximum Gasteiger partial charge on any atom is 0.129 e. The molecular formula is C12H16ClN3. The van der Waals surface area contributed by atoms with Gasteiger partial charge in [0.1, 0.15) is 5.15 Å². The van der Waals surface area contributed by atoms with Gasteiger partial charge in [-0.25, -0.2) is 4.98 Å². The molecular weight excluding hydrogens is 222 g/mol. The summed E-state index contributed by atoms with van der Waals surface area (Å²) in [5.74, 6) is 0.894. The molecule has 3 heterocycles. The molecule has 0 aliphatic carbocycles. The standard InChI is InChI=1S/C12H16ClN3/c13-12-2-1-10(8-15-12)16-5-3-9-7-14-11(9)4-6-16/h1-2,8-9,11,14H,3-7H2/t9-,11-/m1/s1. The first-order chi connectivity index (χ1) is 7.83. The zero-order chi connectivity index (χ0) is 11.0. The number of hydrogen-bond acceptors (Lipinski definition) is 3. The minimum Gasteiger partial charge on any atom is -0.370 e. The Kier molecular flexibility index (Phi) is 2.74. The van der Waals surface area contributed by atoms with Gasteiger partial charge in [-0.3, -0.25) is 0 Å². The first-order valence-electron chi connectivity index (χ1n) is 5.93. The summed E-state index contributed by atoms with van der Waals surface area (Å²) in [5.41, 5.74) is 1.20. The molecule has 3 rings (SSSR count). The van der Waals surface area contributed by atoms with Gasteiger partial charge in [-0.15, -0.1) is 0 Å². The monoisotopic (exact) mass is 237 g/mol. The Labute approximate surface area is 101 Å². The Morgan fingerprint density at radius 1 is 1.31 bits per heavy atom. The van der Waals surface area contributed by atoms with Gasteiger partial charge in [0.2, 0.25) is 0 Å². The molecule has 2 aliphatic heterocycles. The molecule has 2 saturated heterocycles. The van der Waals surface area contributed by atoms with Crippen LogP contribution in [-0.2, 0) is 0 Å². The first kappa shape index (κ1) is 10.4. The molecule has 1 aromatic heterocycles. The maximum atomic E-state index is 5.80. The van der Waals surface area contributed by atoms with E-state index < -0.39 is 0 Å². The molecule has 0 saturated carbocycles. The summed E-state index contributed by atoms with van der Waals surface area (Å²) in [6, 6.07) is 4.69. The highest BCUT2D eigenvalue weighted by Crippen LogP contribution is 2.27. The number of hydrogen-bond donors (Lipinski definition) is 1. The van der Waals surface area contributed by atoms with Crippen LogP contribution in [0.4, 0.5) is 5.69 Å². The minimum atomic E-state index is 0.570. The second-order valence-electron chi connectivity index (χ2n) is 4.68. The van der Waals surface area contributed by atoms with Gasteiger partial charge in [0.25, 0.3) is 0 Å². The van der Waals surface area contributed by atoms with Crippen LogP contribution in [-0.4, -0.2) is 30.7 Å². The molecule has 0 spiro atoms. The summed E-state index contributed by atoms with van der Waals surface area (Å²) < 4.78 is 0. The Balaban J connectivity index is 1.72. The summed E-state index contributed by atoms with van der Waals surface area (Å²) >= 11 is 5.80. The van der Waals surface area contributed by atoms with Gasteiger partial charge in [-0.1, -0.05) is 11.6 Å². The Bertz CT molecular complexity index is 351. The Hall–Kier alpha value is -0.800. The number of aromatic nitrogens is 1. The van der Waals surface area contributed by atoms with E-state index in [1.54, 1.807) is 0 Å². The average Bonchev–Trinajstić information content (AvgIpc) is 2.39. The summed E-state index contributed by atoms with van der Waals surface area (Å²) in [6.45, 7) is 3.47. The molecule has 86 valence electrons. The molecule has 2 atom stereocenters. The first-order valence-corrected chi connectivity index (χ1v) is 6.30. The predicted molar refractivity (Wildman–Crippen MR) is 66.0 cm³/mol. The van der Waals surface area contributed by atoms with E-state index in [-0.39, 0.29) is 0 Å². The van der Waals surface area contributed by atoms with Crippen LogP contribution in [0.25, 0.3) is 0 Å². The van der Waals surface area contributed by atoms with Crippen LogP contribution in [0.2, 0.25) is 5.15 Å². The van der Waals surface area contributed by atoms with Crippen LogP contribution in [0.5, 0.6) is 0 Å². The van der Waals surface area contributed by atoms with Crippen LogP contribution in [0.3, 0.4) is 0 Å². The highest BCUT2D eigenvalue weighted by Gasteiger charge is 2.32. The summed E-state index contributed by atoms with van der Waals surface area (Å²) in [5, 5.41) is 4.07. The van der Waals surface area contributed by atoms with Gasteiger partial charge in [0.05, 0.1) is 11.9 Å². The lowest BCUT2D eigenvalue weighted by Gasteiger charge is -2.36. The highest BCUT2D eigenvalue weighted by molar-refractivity contribution is 6.29. The second kappa shape index (κ2) is 4.22. The van der Waals surface area contributed by atoms with Crippen LogP contribution >= 0.6 is 11.6 Å². The highest BCUT2D eigenvalue weighted by atomic mass is 35.5. The van der Waals surface area contributed by atoms with E-state index in [1.807, 2.05) is 12.3 Å². The van der Waals surface area contributed by atoms with Gasteiger partial charge < -0.3 is 10.2 Å². The smallest absolute Gasteiger partial charge is 0.129 e. The zero-order valence-electron chi connectivity index (χ0n) is 9.19. The van der Waals surface area contributed by atoms with E-state index >= 15 is 0 Å². The normalized spacial score (nSPS) is 29.2. The molecule has 1 N–H and O–H groups in total. The molecule has 0 bridgehead atoms. The number of nitrogens with one attached hydrogen (secondary N) is 1. The molecule has 3 nitrogen and oxygen atoms in total. The summed E-state index contributed by atoms with van der Waals surface area (Å²) in [7, 11) is 0. The van der Waals surface area contributed by atoms with E-state index in [0.717, 1.165) is 25.0 Å². The van der Waals surface area contributed by atoms with Gasteiger partial charge >= 0.3 is 0 Å². The molecule has 0 aromatic carbocycles. The molecule has 0 radical (unpaired) electrons. The van der Waals surface area contributed by atoms with Crippen molar-refractivity contribution in [3.05, 3.63) is 23.5 Å². The van der Waals surface area contributed by atoms with Crippen molar-refractivity contribution in [1.82, 2.24) is 10.3 Å². The third-order valence-corrected chi connectivity index (χ3v) is 3.99. The fraction of sp³-hybridized carbons (Fsp3) is 0.583. The Morgan fingerprint density at radius 3 is 2.88 bits per heavy atom. The minimum absolute atomic E-state index is 0.570. The van der Waals surface area contributed by atoms with Crippen molar-refractivity contribution in [1.29, 1.82) is 0 Å². The fourth-order valence-corrected chi connectivity index (χ4v) is 2.75. The Morgan fingerprint density at radius 2 is 2.19 bits per heavy atom. The van der Waals surface area contributed by atoms with Crippen LogP contribution in [0.15, 0.2) is 18.3 Å². The third kappa shape index (κ3) is 1.89. The van der Waals surface area contributed by atoms with Crippen molar-refractivity contribution in [2.75, 3.05) is 24.5 Å². The fourth-order valence-electron chi connectivity index (χ4n) is 2.63. The SMILES string of the molecule is Clc1ccc(N2CC[C@@H]3CN[C@@H]3CC2)cn1. The van der Waals surface area contributed by atoms with Crippen molar-refractivity contribution in [2.45, 2.75) is 18.9 Å². The van der Waals surface area contributed by atoms with Crippen molar-refractivity contribution in [3.63, 3.8) is 0 Å². The van der Waals surface area contributed by atoms with Gasteiger partial charge in [-0.2, -0.15) is 0 Å². The second-order valence-corrected chi connectivity index (χ2v) is 5.07. The molecule has 0 amide bonds. The number of fused-ring (bicyclic) bond motifs is 1. The van der Waals surface area contributed by atoms with Gasteiger partial charge in [0, 0.05) is 19.1 Å².